The van der Waals surface area contributed by atoms with E-state index < -0.39 is 11.9 Å². The highest BCUT2D eigenvalue weighted by Crippen LogP contribution is 2.18. The Morgan fingerprint density at radius 3 is 2.74 bits per heavy atom. The fourth-order valence-electron chi connectivity index (χ4n) is 2.07. The number of aromatic nitrogens is 2. The Labute approximate surface area is 135 Å². The summed E-state index contributed by atoms with van der Waals surface area (Å²) in [5.74, 6) is 0.500. The molecule has 0 spiro atoms. The summed E-state index contributed by atoms with van der Waals surface area (Å²) < 4.78 is 19.1. The Morgan fingerprint density at radius 2 is 2.13 bits per heavy atom. The van der Waals surface area contributed by atoms with Gasteiger partial charge in [-0.15, -0.1) is 0 Å². The number of nitrogens with zero attached hydrogens (tertiary/aromatic N) is 1. The molecule has 1 heterocycles. The van der Waals surface area contributed by atoms with Crippen LogP contribution >= 0.6 is 0 Å². The predicted molar refractivity (Wildman–Crippen MR) is 85.6 cm³/mol. The van der Waals surface area contributed by atoms with Gasteiger partial charge in [0.1, 0.15) is 5.82 Å². The summed E-state index contributed by atoms with van der Waals surface area (Å²) in [5, 5.41) is 2.78. The maximum atomic E-state index is 13.6. The van der Waals surface area contributed by atoms with Crippen molar-refractivity contribution in [2.75, 3.05) is 0 Å². The summed E-state index contributed by atoms with van der Waals surface area (Å²) >= 11 is 0. The zero-order valence-corrected chi connectivity index (χ0v) is 13.6. The van der Waals surface area contributed by atoms with Gasteiger partial charge in [0.2, 0.25) is 0 Å². The standard InChI is InChI=1S/C17H22FN3O2/c1-4-14(23-15-8-6-5-7-13(15)18)17(22)20-10-12-9-19-16(21-12)11(2)3/h5-9,11,14H,4,10H2,1-3H3,(H,19,21)(H,20,22). The third-order valence-corrected chi connectivity index (χ3v) is 3.42. The van der Waals surface area contributed by atoms with Gasteiger partial charge in [0.25, 0.3) is 5.91 Å². The number of ether oxygens (including phenoxy) is 1. The fraction of sp³-hybridized carbons (Fsp3) is 0.412. The Balaban J connectivity index is 1.93. The average molecular weight is 319 g/mol. The Bertz CT molecular complexity index is 655. The molecule has 1 aromatic carbocycles. The molecular formula is C17H22FN3O2. The van der Waals surface area contributed by atoms with Crippen LogP contribution in [0.25, 0.3) is 0 Å². The van der Waals surface area contributed by atoms with Gasteiger partial charge < -0.3 is 15.0 Å². The van der Waals surface area contributed by atoms with Crippen LogP contribution in [0.2, 0.25) is 0 Å². The summed E-state index contributed by atoms with van der Waals surface area (Å²) in [7, 11) is 0. The van der Waals surface area contributed by atoms with Gasteiger partial charge in [0.15, 0.2) is 17.7 Å². The normalized spacial score (nSPS) is 12.2. The predicted octanol–water partition coefficient (Wildman–Crippen LogP) is 3.15. The van der Waals surface area contributed by atoms with Crippen LogP contribution in [0.3, 0.4) is 0 Å². The number of benzene rings is 1. The van der Waals surface area contributed by atoms with E-state index in [9.17, 15) is 9.18 Å². The lowest BCUT2D eigenvalue weighted by molar-refractivity contribution is -0.128. The lowest BCUT2D eigenvalue weighted by Crippen LogP contribution is -2.37. The van der Waals surface area contributed by atoms with Crippen molar-refractivity contribution in [2.45, 2.75) is 45.8 Å². The van der Waals surface area contributed by atoms with Gasteiger partial charge in [-0.3, -0.25) is 4.79 Å². The van der Waals surface area contributed by atoms with Gasteiger partial charge in [0.05, 0.1) is 18.4 Å². The van der Waals surface area contributed by atoms with Crippen LogP contribution in [-0.2, 0) is 11.3 Å². The molecule has 1 unspecified atom stereocenters. The minimum atomic E-state index is -0.737. The van der Waals surface area contributed by atoms with Crippen molar-refractivity contribution in [2.24, 2.45) is 0 Å². The molecule has 0 bridgehead atoms. The lowest BCUT2D eigenvalue weighted by atomic mass is 10.2. The first-order valence-electron chi connectivity index (χ1n) is 7.74. The molecule has 1 amide bonds. The number of para-hydroxylation sites is 1. The second-order valence-corrected chi connectivity index (χ2v) is 5.61. The molecule has 0 fully saturated rings. The summed E-state index contributed by atoms with van der Waals surface area (Å²) in [6.07, 6.45) is 1.41. The lowest BCUT2D eigenvalue weighted by Gasteiger charge is -2.17. The van der Waals surface area contributed by atoms with E-state index in [1.165, 1.54) is 12.1 Å². The Morgan fingerprint density at radius 1 is 1.39 bits per heavy atom. The number of halogens is 1. The Hall–Kier alpha value is -2.37. The monoisotopic (exact) mass is 319 g/mol. The van der Waals surface area contributed by atoms with Crippen molar-refractivity contribution in [3.63, 3.8) is 0 Å². The summed E-state index contributed by atoms with van der Waals surface area (Å²) in [6, 6.07) is 6.06. The van der Waals surface area contributed by atoms with Gasteiger partial charge in [-0.25, -0.2) is 9.37 Å². The van der Waals surface area contributed by atoms with Crippen molar-refractivity contribution < 1.29 is 13.9 Å². The number of rotatable bonds is 7. The SMILES string of the molecule is CCC(Oc1ccccc1F)C(=O)NCc1cnc(C(C)C)[nH]1. The van der Waals surface area contributed by atoms with Gasteiger partial charge in [-0.1, -0.05) is 32.9 Å². The molecule has 5 nitrogen and oxygen atoms in total. The molecular weight excluding hydrogens is 297 g/mol. The number of carbonyl (C=O) groups excluding carboxylic acids is 1. The number of carbonyl (C=O) groups is 1. The first-order chi connectivity index (χ1) is 11.0. The third-order valence-electron chi connectivity index (χ3n) is 3.42. The second kappa shape index (κ2) is 7.76. The minimum absolute atomic E-state index is 0.0816. The van der Waals surface area contributed by atoms with Crippen molar-refractivity contribution in [1.29, 1.82) is 0 Å². The average Bonchev–Trinajstić information content (AvgIpc) is 3.01. The van der Waals surface area contributed by atoms with E-state index in [0.29, 0.717) is 18.9 Å². The van der Waals surface area contributed by atoms with E-state index >= 15 is 0 Å². The highest BCUT2D eigenvalue weighted by molar-refractivity contribution is 5.81. The first-order valence-corrected chi connectivity index (χ1v) is 7.74. The van der Waals surface area contributed by atoms with Gasteiger partial charge in [0, 0.05) is 5.92 Å². The van der Waals surface area contributed by atoms with E-state index in [1.54, 1.807) is 18.3 Å². The van der Waals surface area contributed by atoms with Crippen LogP contribution < -0.4 is 10.1 Å². The number of hydrogen-bond donors (Lipinski definition) is 2. The van der Waals surface area contributed by atoms with E-state index in [1.807, 2.05) is 20.8 Å². The van der Waals surface area contributed by atoms with Crippen LogP contribution in [0.4, 0.5) is 4.39 Å². The van der Waals surface area contributed by atoms with Crippen LogP contribution in [-0.4, -0.2) is 22.0 Å². The molecule has 23 heavy (non-hydrogen) atoms. The van der Waals surface area contributed by atoms with Gasteiger partial charge in [-0.2, -0.15) is 0 Å². The van der Waals surface area contributed by atoms with E-state index in [4.69, 9.17) is 4.74 Å². The Kier molecular flexibility index (Phi) is 5.73. The highest BCUT2D eigenvalue weighted by atomic mass is 19.1. The van der Waals surface area contributed by atoms with E-state index in [0.717, 1.165) is 11.5 Å². The number of H-pyrrole nitrogens is 1. The first kappa shape index (κ1) is 17.0. The van der Waals surface area contributed by atoms with E-state index in [2.05, 4.69) is 15.3 Å². The molecule has 124 valence electrons. The third kappa shape index (κ3) is 4.55. The smallest absolute Gasteiger partial charge is 0.261 e. The van der Waals surface area contributed by atoms with Crippen LogP contribution in [0.15, 0.2) is 30.5 Å². The molecule has 2 rings (SSSR count). The molecule has 0 radical (unpaired) electrons. The number of amides is 1. The van der Waals surface area contributed by atoms with Gasteiger partial charge in [-0.05, 0) is 18.6 Å². The summed E-state index contributed by atoms with van der Waals surface area (Å²) in [5.41, 5.74) is 0.822. The van der Waals surface area contributed by atoms with E-state index in [-0.39, 0.29) is 11.7 Å². The van der Waals surface area contributed by atoms with Crippen LogP contribution in [0.1, 0.15) is 44.6 Å². The number of aromatic amines is 1. The zero-order valence-electron chi connectivity index (χ0n) is 13.6. The second-order valence-electron chi connectivity index (χ2n) is 5.61. The molecule has 6 heteroatoms. The molecule has 1 atom stereocenters. The molecule has 0 saturated heterocycles. The van der Waals surface area contributed by atoms with Crippen molar-refractivity contribution in [3.8, 4) is 5.75 Å². The maximum Gasteiger partial charge on any atom is 0.261 e. The number of hydrogen-bond acceptors (Lipinski definition) is 3. The van der Waals surface area contributed by atoms with Crippen molar-refractivity contribution in [1.82, 2.24) is 15.3 Å². The van der Waals surface area contributed by atoms with Gasteiger partial charge >= 0.3 is 0 Å². The van der Waals surface area contributed by atoms with Crippen LogP contribution in [0.5, 0.6) is 5.75 Å². The largest absolute Gasteiger partial charge is 0.478 e. The zero-order chi connectivity index (χ0) is 16.8. The minimum Gasteiger partial charge on any atom is -0.478 e. The number of nitrogens with one attached hydrogen (secondary N) is 2. The molecule has 0 aliphatic carbocycles. The molecule has 1 aromatic heterocycles. The number of imidazole rings is 1. The van der Waals surface area contributed by atoms with Crippen molar-refractivity contribution in [3.05, 3.63) is 47.8 Å². The summed E-state index contributed by atoms with van der Waals surface area (Å²) in [6.45, 7) is 6.22. The fourth-order valence-corrected chi connectivity index (χ4v) is 2.07. The highest BCUT2D eigenvalue weighted by Gasteiger charge is 2.19. The summed E-state index contributed by atoms with van der Waals surface area (Å²) in [4.78, 5) is 19.6. The quantitative estimate of drug-likeness (QED) is 0.824. The molecule has 0 aliphatic rings. The molecule has 2 aromatic rings. The maximum absolute atomic E-state index is 13.6. The molecule has 2 N–H and O–H groups in total. The topological polar surface area (TPSA) is 67.0 Å². The van der Waals surface area contributed by atoms with Crippen molar-refractivity contribution >= 4 is 5.91 Å². The van der Waals surface area contributed by atoms with Crippen LogP contribution in [0, 0.1) is 5.82 Å². The molecule has 0 saturated carbocycles. The molecule has 0 aliphatic heterocycles.